The van der Waals surface area contributed by atoms with Crippen molar-refractivity contribution in [2.24, 2.45) is 5.41 Å². The minimum Gasteiger partial charge on any atom is -0.370 e. The monoisotopic (exact) mass is 356 g/mol. The van der Waals surface area contributed by atoms with Gasteiger partial charge in [0.15, 0.2) is 0 Å². The summed E-state index contributed by atoms with van der Waals surface area (Å²) >= 11 is 0. The van der Waals surface area contributed by atoms with Crippen molar-refractivity contribution in [3.63, 3.8) is 0 Å². The summed E-state index contributed by atoms with van der Waals surface area (Å²) in [6, 6.07) is 1.95. The van der Waals surface area contributed by atoms with E-state index in [1.807, 2.05) is 13.0 Å². The fourth-order valence-corrected chi connectivity index (χ4v) is 3.21. The van der Waals surface area contributed by atoms with E-state index in [1.165, 1.54) is 0 Å². The smallest absolute Gasteiger partial charge is 0.271 e. The number of amides is 1. The van der Waals surface area contributed by atoms with Crippen molar-refractivity contribution in [2.75, 3.05) is 18.4 Å². The van der Waals surface area contributed by atoms with E-state index in [1.54, 1.807) is 0 Å². The first-order valence-corrected chi connectivity index (χ1v) is 9.31. The van der Waals surface area contributed by atoms with E-state index in [4.69, 9.17) is 0 Å². The second-order valence-electron chi connectivity index (χ2n) is 7.77. The number of nitrogens with one attached hydrogen (secondary N) is 3. The van der Waals surface area contributed by atoms with Crippen LogP contribution in [0.5, 0.6) is 0 Å². The van der Waals surface area contributed by atoms with Gasteiger partial charge in [0, 0.05) is 43.4 Å². The molecular formula is C19H28N6O. The second kappa shape index (κ2) is 7.43. The van der Waals surface area contributed by atoms with Crippen LogP contribution in [-0.4, -0.2) is 38.9 Å². The van der Waals surface area contributed by atoms with Gasteiger partial charge in [0.05, 0.1) is 0 Å². The van der Waals surface area contributed by atoms with E-state index in [-0.39, 0.29) is 11.3 Å². The summed E-state index contributed by atoms with van der Waals surface area (Å²) in [7, 11) is 0. The lowest BCUT2D eigenvalue weighted by molar-refractivity contribution is 0.0940. The van der Waals surface area contributed by atoms with Gasteiger partial charge in [-0.25, -0.2) is 15.0 Å². The van der Waals surface area contributed by atoms with Crippen molar-refractivity contribution < 1.29 is 4.79 Å². The minimum absolute atomic E-state index is 0.0249. The van der Waals surface area contributed by atoms with Crippen LogP contribution in [0, 0.1) is 12.3 Å². The van der Waals surface area contributed by atoms with E-state index in [2.05, 4.69) is 51.3 Å². The lowest BCUT2D eigenvalue weighted by Crippen LogP contribution is -2.32. The molecule has 140 valence electrons. The van der Waals surface area contributed by atoms with Crippen molar-refractivity contribution >= 4 is 11.7 Å². The molecule has 1 aliphatic heterocycles. The van der Waals surface area contributed by atoms with Crippen LogP contribution in [0.15, 0.2) is 6.07 Å². The van der Waals surface area contributed by atoms with Crippen molar-refractivity contribution in [1.82, 2.24) is 25.3 Å². The fraction of sp³-hybridized carbons (Fsp3) is 0.579. The average molecular weight is 356 g/mol. The summed E-state index contributed by atoms with van der Waals surface area (Å²) in [4.78, 5) is 29.1. The zero-order chi connectivity index (χ0) is 18.7. The standard InChI is InChI=1S/C19H28N6O/c1-5-6-14-22-12(2)9-16(24-14)20-8-7-15-23-13-10-19(3,4)11-21-18(26)17(13)25-15/h9H,5-8,10-11H2,1-4H3,(H,21,26)(H,23,25)(H,20,22,24). The maximum atomic E-state index is 12.2. The number of nitrogens with zero attached hydrogens (tertiary/aromatic N) is 3. The number of carbonyl (C=O) groups excluding carboxylic acids is 1. The van der Waals surface area contributed by atoms with E-state index in [0.717, 1.165) is 48.1 Å². The molecule has 0 saturated carbocycles. The van der Waals surface area contributed by atoms with Crippen LogP contribution < -0.4 is 10.6 Å². The number of rotatable bonds is 6. The van der Waals surface area contributed by atoms with Gasteiger partial charge in [0.25, 0.3) is 5.91 Å². The molecule has 0 spiro atoms. The quantitative estimate of drug-likeness (QED) is 0.739. The van der Waals surface area contributed by atoms with Gasteiger partial charge in [-0.2, -0.15) is 0 Å². The van der Waals surface area contributed by atoms with Crippen LogP contribution in [0.25, 0.3) is 0 Å². The van der Waals surface area contributed by atoms with Crippen molar-refractivity contribution in [2.45, 2.75) is 53.4 Å². The third kappa shape index (κ3) is 4.39. The molecule has 0 aromatic carbocycles. The van der Waals surface area contributed by atoms with Gasteiger partial charge < -0.3 is 15.6 Å². The van der Waals surface area contributed by atoms with Crippen molar-refractivity contribution in [3.8, 4) is 0 Å². The number of aryl methyl sites for hydroxylation is 2. The Hall–Kier alpha value is -2.44. The second-order valence-corrected chi connectivity index (χ2v) is 7.77. The Balaban J connectivity index is 1.65. The third-order valence-electron chi connectivity index (χ3n) is 4.47. The van der Waals surface area contributed by atoms with Gasteiger partial charge in [-0.1, -0.05) is 20.8 Å². The van der Waals surface area contributed by atoms with E-state index in [0.29, 0.717) is 25.2 Å². The highest BCUT2D eigenvalue weighted by molar-refractivity contribution is 5.93. The summed E-state index contributed by atoms with van der Waals surface area (Å²) in [5.74, 6) is 2.46. The van der Waals surface area contributed by atoms with E-state index in [9.17, 15) is 4.79 Å². The largest absolute Gasteiger partial charge is 0.370 e. The zero-order valence-electron chi connectivity index (χ0n) is 16.1. The Morgan fingerprint density at radius 2 is 2.04 bits per heavy atom. The minimum atomic E-state index is -0.0864. The Labute approximate surface area is 154 Å². The molecule has 3 rings (SSSR count). The number of hydrogen-bond donors (Lipinski definition) is 3. The molecule has 3 heterocycles. The normalized spacial score (nSPS) is 15.9. The van der Waals surface area contributed by atoms with Crippen LogP contribution in [-0.2, 0) is 19.3 Å². The van der Waals surface area contributed by atoms with Gasteiger partial charge >= 0.3 is 0 Å². The fourth-order valence-electron chi connectivity index (χ4n) is 3.21. The summed E-state index contributed by atoms with van der Waals surface area (Å²) in [5.41, 5.74) is 2.46. The van der Waals surface area contributed by atoms with Gasteiger partial charge in [0.2, 0.25) is 0 Å². The van der Waals surface area contributed by atoms with E-state index >= 15 is 0 Å². The molecule has 0 aliphatic carbocycles. The lowest BCUT2D eigenvalue weighted by atomic mass is 9.88. The predicted molar refractivity (Wildman–Crippen MR) is 101 cm³/mol. The summed E-state index contributed by atoms with van der Waals surface area (Å²) in [6.45, 7) is 9.76. The summed E-state index contributed by atoms with van der Waals surface area (Å²) < 4.78 is 0. The van der Waals surface area contributed by atoms with Crippen LogP contribution in [0.4, 0.5) is 5.82 Å². The molecule has 0 fully saturated rings. The molecular weight excluding hydrogens is 328 g/mol. The molecule has 3 N–H and O–H groups in total. The SMILES string of the molecule is CCCc1nc(C)cc(NCCc2nc3c([nH]2)CC(C)(C)CNC3=O)n1. The molecule has 0 atom stereocenters. The predicted octanol–water partition coefficient (Wildman–Crippen LogP) is 2.43. The molecule has 0 unspecified atom stereocenters. The lowest BCUT2D eigenvalue weighted by Gasteiger charge is -2.21. The first kappa shape index (κ1) is 18.4. The van der Waals surface area contributed by atoms with Crippen LogP contribution in [0.1, 0.15) is 60.7 Å². The first-order chi connectivity index (χ1) is 12.4. The van der Waals surface area contributed by atoms with Crippen LogP contribution >= 0.6 is 0 Å². The molecule has 7 heteroatoms. The molecule has 2 aromatic rings. The number of aromatic nitrogens is 4. The number of carbonyl (C=O) groups is 1. The molecule has 2 aromatic heterocycles. The average Bonchev–Trinajstić information content (AvgIpc) is 2.90. The van der Waals surface area contributed by atoms with Crippen LogP contribution in [0.2, 0.25) is 0 Å². The van der Waals surface area contributed by atoms with Crippen molar-refractivity contribution in [1.29, 1.82) is 0 Å². The van der Waals surface area contributed by atoms with Gasteiger partial charge in [0.1, 0.15) is 23.2 Å². The Morgan fingerprint density at radius 1 is 1.23 bits per heavy atom. The molecule has 7 nitrogen and oxygen atoms in total. The molecule has 0 saturated heterocycles. The Kier molecular flexibility index (Phi) is 5.25. The molecule has 1 aliphatic rings. The van der Waals surface area contributed by atoms with Gasteiger partial charge in [-0.15, -0.1) is 0 Å². The number of fused-ring (bicyclic) bond motifs is 1. The number of anilines is 1. The first-order valence-electron chi connectivity index (χ1n) is 9.31. The number of hydrogen-bond acceptors (Lipinski definition) is 5. The number of imidazole rings is 1. The third-order valence-corrected chi connectivity index (χ3v) is 4.47. The highest BCUT2D eigenvalue weighted by Gasteiger charge is 2.29. The molecule has 0 radical (unpaired) electrons. The zero-order valence-corrected chi connectivity index (χ0v) is 16.1. The van der Waals surface area contributed by atoms with Crippen molar-refractivity contribution in [3.05, 3.63) is 34.8 Å². The Morgan fingerprint density at radius 3 is 2.81 bits per heavy atom. The maximum Gasteiger partial charge on any atom is 0.271 e. The highest BCUT2D eigenvalue weighted by Crippen LogP contribution is 2.25. The summed E-state index contributed by atoms with van der Waals surface area (Å²) in [5, 5.41) is 6.30. The number of aromatic amines is 1. The molecule has 1 amide bonds. The van der Waals surface area contributed by atoms with Crippen LogP contribution in [0.3, 0.4) is 0 Å². The highest BCUT2D eigenvalue weighted by atomic mass is 16.1. The maximum absolute atomic E-state index is 12.2. The molecule has 26 heavy (non-hydrogen) atoms. The van der Waals surface area contributed by atoms with Gasteiger partial charge in [-0.05, 0) is 25.2 Å². The number of H-pyrrole nitrogens is 1. The topological polar surface area (TPSA) is 95.6 Å². The Bertz CT molecular complexity index is 795. The van der Waals surface area contributed by atoms with E-state index < -0.39 is 0 Å². The van der Waals surface area contributed by atoms with Gasteiger partial charge in [-0.3, -0.25) is 4.79 Å². The molecule has 0 bridgehead atoms. The summed E-state index contributed by atoms with van der Waals surface area (Å²) in [6.07, 6.45) is 3.42.